The Morgan fingerprint density at radius 2 is 0.915 bits per heavy atom. The molecule has 0 unspecified atom stereocenters. The summed E-state index contributed by atoms with van der Waals surface area (Å²) in [5.74, 6) is -1.27. The van der Waals surface area contributed by atoms with Crippen molar-refractivity contribution in [3.05, 3.63) is 205 Å². The average molecular weight is 791 g/mol. The first-order valence-corrected chi connectivity index (χ1v) is 19.9. The molecule has 0 aliphatic rings. The molecule has 0 atom stereocenters. The van der Waals surface area contributed by atoms with Gasteiger partial charge in [-0.25, -0.2) is 8.78 Å². The molecule has 0 amide bonds. The standard InChI is InChI=1S/C49H33F2N7S/c50-42-22-13-23-43(51)41(42)32-56-49-45(34-26-30-40(31-27-34)58(37-18-9-3-10-19-37)38-20-11-4-12-21-38)47-46(53-59-54-47)44(48(49)52-55-56)33-24-28-39(29-25-33)57(35-14-5-1-6-15-35)36-16-7-2-8-17-36/h1-31H,32H2/p+1. The Morgan fingerprint density at radius 3 is 1.37 bits per heavy atom. The topological polar surface area (TPSA) is 66.0 Å². The van der Waals surface area contributed by atoms with Crippen molar-refractivity contribution in [2.75, 3.05) is 9.80 Å². The molecule has 284 valence electrons. The molecule has 0 bridgehead atoms. The lowest BCUT2D eigenvalue weighted by Gasteiger charge is -2.25. The first kappa shape index (κ1) is 35.8. The van der Waals surface area contributed by atoms with Gasteiger partial charge in [-0.1, -0.05) is 108 Å². The van der Waals surface area contributed by atoms with Gasteiger partial charge >= 0.3 is 0 Å². The number of hydrogen-bond donors (Lipinski definition) is 1. The number of para-hydroxylation sites is 4. The van der Waals surface area contributed by atoms with Gasteiger partial charge in [0.05, 0.1) is 5.56 Å². The Kier molecular flexibility index (Phi) is 9.36. The number of halogens is 2. The highest BCUT2D eigenvalue weighted by atomic mass is 32.1. The van der Waals surface area contributed by atoms with Gasteiger partial charge in [0.15, 0.2) is 0 Å². The Morgan fingerprint density at radius 1 is 0.492 bits per heavy atom. The second-order valence-corrected chi connectivity index (χ2v) is 14.5. The van der Waals surface area contributed by atoms with E-state index in [4.69, 9.17) is 13.8 Å². The van der Waals surface area contributed by atoms with Crippen LogP contribution in [0, 0.1) is 11.6 Å². The van der Waals surface area contributed by atoms with Crippen LogP contribution >= 0.6 is 11.7 Å². The fraction of sp³-hybridized carbons (Fsp3) is 0.0204. The third-order valence-electron chi connectivity index (χ3n) is 10.5. The van der Waals surface area contributed by atoms with Crippen LogP contribution in [0.4, 0.5) is 42.9 Å². The van der Waals surface area contributed by atoms with Crippen molar-refractivity contribution in [3.63, 3.8) is 0 Å². The average Bonchev–Trinajstić information content (AvgIpc) is 3.94. The van der Waals surface area contributed by atoms with Crippen molar-refractivity contribution in [2.45, 2.75) is 6.54 Å². The molecule has 0 saturated carbocycles. The second-order valence-electron chi connectivity index (χ2n) is 14.0. The number of anilines is 6. The largest absolute Gasteiger partial charge is 0.311 e. The Bertz CT molecular complexity index is 2930. The van der Waals surface area contributed by atoms with E-state index in [1.165, 1.54) is 18.2 Å². The molecule has 0 radical (unpaired) electrons. The summed E-state index contributed by atoms with van der Waals surface area (Å²) < 4.78 is 41.9. The van der Waals surface area contributed by atoms with E-state index in [1.54, 1.807) is 4.68 Å². The predicted octanol–water partition coefficient (Wildman–Crippen LogP) is 12.3. The predicted molar refractivity (Wildman–Crippen MR) is 233 cm³/mol. The lowest BCUT2D eigenvalue weighted by molar-refractivity contribution is -0.722. The number of nitrogens with zero attached hydrogens (tertiary/aromatic N) is 6. The number of hydrogen-bond acceptors (Lipinski definition) is 4. The van der Waals surface area contributed by atoms with Crippen molar-refractivity contribution < 1.29 is 13.5 Å². The number of rotatable bonds is 10. The minimum atomic E-state index is -0.637. The maximum Gasteiger partial charge on any atom is 0.279 e. The molecular weight excluding hydrogens is 757 g/mol. The Balaban J connectivity index is 1.14. The van der Waals surface area contributed by atoms with Crippen LogP contribution in [0.5, 0.6) is 0 Å². The van der Waals surface area contributed by atoms with E-state index in [0.29, 0.717) is 22.1 Å². The molecule has 10 aromatic rings. The van der Waals surface area contributed by atoms with E-state index < -0.39 is 11.6 Å². The van der Waals surface area contributed by atoms with Gasteiger partial charge in [-0.2, -0.15) is 8.75 Å². The summed E-state index contributed by atoms with van der Waals surface area (Å²) in [5.41, 5.74) is 11.8. The van der Waals surface area contributed by atoms with Gasteiger partial charge in [-0.05, 0) is 96.1 Å². The zero-order chi connectivity index (χ0) is 39.7. The summed E-state index contributed by atoms with van der Waals surface area (Å²) in [4.78, 5) is 4.40. The first-order valence-electron chi connectivity index (χ1n) is 19.1. The van der Waals surface area contributed by atoms with E-state index >= 15 is 8.78 Å². The van der Waals surface area contributed by atoms with E-state index in [0.717, 1.165) is 68.1 Å². The lowest BCUT2D eigenvalue weighted by Crippen LogP contribution is -2.38. The highest BCUT2D eigenvalue weighted by Crippen LogP contribution is 2.43. The van der Waals surface area contributed by atoms with Crippen LogP contribution < -0.4 is 18.9 Å². The molecule has 0 saturated heterocycles. The van der Waals surface area contributed by atoms with Gasteiger partial charge in [0.1, 0.15) is 18.2 Å². The fourth-order valence-electron chi connectivity index (χ4n) is 7.77. The SMILES string of the molecule is Fc1cccc(F)c1C[n+]1[nH]nc2c(-c3ccc(N(c4ccccc4)c4ccccc4)cc3)c3[n-][s+]nc3c(-c3ccc(N(c4ccccc4)c4ccccc4)cc3)c21. The summed E-state index contributed by atoms with van der Waals surface area (Å²) >= 11 is 1.12. The van der Waals surface area contributed by atoms with Gasteiger partial charge in [-0.15, -0.1) is 4.68 Å². The van der Waals surface area contributed by atoms with Crippen molar-refractivity contribution in [1.29, 1.82) is 0 Å². The quantitative estimate of drug-likeness (QED) is 0.110. The van der Waals surface area contributed by atoms with Crippen molar-refractivity contribution in [1.82, 2.24) is 19.1 Å². The number of benzene rings is 8. The molecule has 10 heteroatoms. The zero-order valence-electron chi connectivity index (χ0n) is 31.5. The molecule has 2 heterocycles. The maximum atomic E-state index is 15.2. The number of aromatic nitrogens is 5. The van der Waals surface area contributed by atoms with Crippen LogP contribution in [-0.4, -0.2) is 14.7 Å². The third kappa shape index (κ3) is 6.65. The van der Waals surface area contributed by atoms with Gasteiger partial charge in [0.25, 0.3) is 17.2 Å². The highest BCUT2D eigenvalue weighted by molar-refractivity contribution is 7.00. The number of fused-ring (bicyclic) bond motifs is 2. The number of aromatic amines is 1. The summed E-state index contributed by atoms with van der Waals surface area (Å²) in [6.45, 7) is -0.125. The molecule has 2 aromatic heterocycles. The zero-order valence-corrected chi connectivity index (χ0v) is 32.3. The van der Waals surface area contributed by atoms with Crippen LogP contribution in [0.15, 0.2) is 188 Å². The summed E-state index contributed by atoms with van der Waals surface area (Å²) in [6.07, 6.45) is 0. The normalized spacial score (nSPS) is 11.3. The van der Waals surface area contributed by atoms with E-state index in [2.05, 4.69) is 112 Å². The fourth-order valence-corrected chi connectivity index (χ4v) is 8.33. The highest BCUT2D eigenvalue weighted by Gasteiger charge is 2.29. The van der Waals surface area contributed by atoms with Crippen LogP contribution in [-0.2, 0) is 6.54 Å². The number of nitrogens with one attached hydrogen (secondary N) is 1. The van der Waals surface area contributed by atoms with Gasteiger partial charge < -0.3 is 9.80 Å². The van der Waals surface area contributed by atoms with E-state index in [1.807, 2.05) is 72.8 Å². The first-order chi connectivity index (χ1) is 29.1. The smallest absolute Gasteiger partial charge is 0.279 e. The molecule has 7 nitrogen and oxygen atoms in total. The molecule has 10 rings (SSSR count). The molecule has 1 N–H and O–H groups in total. The van der Waals surface area contributed by atoms with Crippen LogP contribution in [0.25, 0.3) is 44.3 Å². The minimum Gasteiger partial charge on any atom is -0.311 e. The van der Waals surface area contributed by atoms with Crippen molar-refractivity contribution in [2.24, 2.45) is 0 Å². The maximum absolute atomic E-state index is 15.2. The lowest BCUT2D eigenvalue weighted by atomic mass is 9.94. The number of H-pyrrole nitrogens is 1. The van der Waals surface area contributed by atoms with Crippen molar-refractivity contribution >= 4 is 67.9 Å². The Labute approximate surface area is 343 Å². The molecule has 0 aliphatic heterocycles. The monoisotopic (exact) mass is 790 g/mol. The van der Waals surface area contributed by atoms with Crippen molar-refractivity contribution in [3.8, 4) is 22.3 Å². The van der Waals surface area contributed by atoms with Crippen LogP contribution in [0.2, 0.25) is 0 Å². The Hall–Kier alpha value is -7.56. The van der Waals surface area contributed by atoms with E-state index in [-0.39, 0.29) is 12.1 Å². The molecule has 8 aromatic carbocycles. The molecule has 0 fully saturated rings. The molecular formula is C49H34F2N7S+. The summed E-state index contributed by atoms with van der Waals surface area (Å²) in [6, 6.07) is 61.4. The van der Waals surface area contributed by atoms with Gasteiger partial charge in [-0.3, -0.25) is 0 Å². The van der Waals surface area contributed by atoms with Crippen LogP contribution in [0.3, 0.4) is 0 Å². The summed E-state index contributed by atoms with van der Waals surface area (Å²) in [7, 11) is 0. The molecule has 0 spiro atoms. The minimum absolute atomic E-state index is 0.0740. The molecule has 59 heavy (non-hydrogen) atoms. The molecule has 0 aliphatic carbocycles. The van der Waals surface area contributed by atoms with Gasteiger partial charge in [0, 0.05) is 61.4 Å². The van der Waals surface area contributed by atoms with Gasteiger partial charge in [0.2, 0.25) is 5.52 Å². The third-order valence-corrected chi connectivity index (χ3v) is 11.0. The summed E-state index contributed by atoms with van der Waals surface area (Å²) in [5, 5.41) is 7.97. The van der Waals surface area contributed by atoms with E-state index in [9.17, 15) is 0 Å². The second kappa shape index (κ2) is 15.4. The van der Waals surface area contributed by atoms with Crippen LogP contribution in [0.1, 0.15) is 5.56 Å².